The zero-order chi connectivity index (χ0) is 12.3. The number of nitrogens with zero attached hydrogens (tertiary/aromatic N) is 1. The summed E-state index contributed by atoms with van der Waals surface area (Å²) >= 11 is 0. The Labute approximate surface area is 123 Å². The van der Waals surface area contributed by atoms with Gasteiger partial charge in [0.15, 0.2) is 0 Å². The maximum atomic E-state index is 12.8. The molecule has 1 fully saturated rings. The first-order chi connectivity index (χ1) is 8.07. The van der Waals surface area contributed by atoms with E-state index in [0.29, 0.717) is 19.6 Å². The van der Waals surface area contributed by atoms with Gasteiger partial charge in [-0.05, 0) is 5.56 Å². The van der Waals surface area contributed by atoms with Crippen molar-refractivity contribution in [2.24, 2.45) is 0 Å². The minimum Gasteiger partial charge on any atom is -0.314 e. The highest BCUT2D eigenvalue weighted by Gasteiger charge is 2.44. The molecule has 0 aromatic heterocycles. The zero-order valence-electron chi connectivity index (χ0n) is 10.2. The Bertz CT molecular complexity index is 360. The van der Waals surface area contributed by atoms with Crippen LogP contribution >= 0.6 is 24.8 Å². The molecule has 1 unspecified atom stereocenters. The number of halogens is 5. The Morgan fingerprint density at radius 1 is 1.16 bits per heavy atom. The summed E-state index contributed by atoms with van der Waals surface area (Å²) in [6.07, 6.45) is -4.16. The molecule has 2 rings (SSSR count). The Hall–Kier alpha value is -0.490. The van der Waals surface area contributed by atoms with Crippen LogP contribution in [-0.4, -0.2) is 36.8 Å². The third-order valence-corrected chi connectivity index (χ3v) is 2.96. The molecule has 0 bridgehead atoms. The quantitative estimate of drug-likeness (QED) is 0.902. The summed E-state index contributed by atoms with van der Waals surface area (Å²) in [7, 11) is 0. The summed E-state index contributed by atoms with van der Waals surface area (Å²) in [5.41, 5.74) is 0.920. The fourth-order valence-electron chi connectivity index (χ4n) is 2.08. The van der Waals surface area contributed by atoms with Crippen molar-refractivity contribution in [3.63, 3.8) is 0 Å². The normalized spacial score (nSPS) is 20.3. The second-order valence-corrected chi connectivity index (χ2v) is 4.22. The Kier molecular flexibility index (Phi) is 7.74. The molecule has 1 saturated heterocycles. The fraction of sp³-hybridized carbons (Fsp3) is 0.500. The second kappa shape index (κ2) is 7.94. The molecule has 1 aliphatic heterocycles. The van der Waals surface area contributed by atoms with Crippen LogP contribution in [0.4, 0.5) is 13.2 Å². The SMILES string of the molecule is Cl.Cl.FC(F)(F)C1CNCCN1Cc1ccccc1. The molecule has 1 aliphatic rings. The van der Waals surface area contributed by atoms with Gasteiger partial charge in [0.1, 0.15) is 6.04 Å². The average Bonchev–Trinajstić information content (AvgIpc) is 2.30. The van der Waals surface area contributed by atoms with Gasteiger partial charge in [0, 0.05) is 26.2 Å². The predicted molar refractivity (Wildman–Crippen MR) is 74.1 cm³/mol. The zero-order valence-corrected chi connectivity index (χ0v) is 11.8. The van der Waals surface area contributed by atoms with Crippen LogP contribution < -0.4 is 5.32 Å². The van der Waals surface area contributed by atoms with Crippen LogP contribution in [0.2, 0.25) is 0 Å². The van der Waals surface area contributed by atoms with E-state index in [-0.39, 0.29) is 31.4 Å². The highest BCUT2D eigenvalue weighted by molar-refractivity contribution is 5.85. The van der Waals surface area contributed by atoms with Crippen molar-refractivity contribution in [3.05, 3.63) is 35.9 Å². The molecule has 0 amide bonds. The van der Waals surface area contributed by atoms with Crippen LogP contribution in [-0.2, 0) is 6.54 Å². The lowest BCUT2D eigenvalue weighted by atomic mass is 10.1. The van der Waals surface area contributed by atoms with Gasteiger partial charge in [-0.3, -0.25) is 4.90 Å². The summed E-state index contributed by atoms with van der Waals surface area (Å²) in [5.74, 6) is 0. The molecule has 2 nitrogen and oxygen atoms in total. The number of alkyl halides is 3. The topological polar surface area (TPSA) is 15.3 Å². The van der Waals surface area contributed by atoms with E-state index in [1.54, 1.807) is 0 Å². The maximum Gasteiger partial charge on any atom is 0.405 e. The molecule has 19 heavy (non-hydrogen) atoms. The minimum absolute atomic E-state index is 0. The van der Waals surface area contributed by atoms with Gasteiger partial charge in [0.05, 0.1) is 0 Å². The summed E-state index contributed by atoms with van der Waals surface area (Å²) in [5, 5.41) is 2.80. The van der Waals surface area contributed by atoms with Crippen LogP contribution in [0.5, 0.6) is 0 Å². The molecule has 1 aromatic rings. The van der Waals surface area contributed by atoms with Crippen molar-refractivity contribution in [2.75, 3.05) is 19.6 Å². The molecule has 110 valence electrons. The third kappa shape index (κ3) is 5.18. The Morgan fingerprint density at radius 2 is 1.79 bits per heavy atom. The molecular formula is C12H17Cl2F3N2. The fourth-order valence-corrected chi connectivity index (χ4v) is 2.08. The first-order valence-corrected chi connectivity index (χ1v) is 5.63. The van der Waals surface area contributed by atoms with E-state index < -0.39 is 12.2 Å². The smallest absolute Gasteiger partial charge is 0.314 e. The summed E-state index contributed by atoms with van der Waals surface area (Å²) in [4.78, 5) is 1.49. The highest BCUT2D eigenvalue weighted by atomic mass is 35.5. The van der Waals surface area contributed by atoms with Crippen molar-refractivity contribution in [1.29, 1.82) is 0 Å². The molecule has 1 atom stereocenters. The van der Waals surface area contributed by atoms with Crippen molar-refractivity contribution >= 4 is 24.8 Å². The van der Waals surface area contributed by atoms with Crippen molar-refractivity contribution in [1.82, 2.24) is 10.2 Å². The van der Waals surface area contributed by atoms with E-state index in [1.807, 2.05) is 30.3 Å². The van der Waals surface area contributed by atoms with Crippen molar-refractivity contribution in [2.45, 2.75) is 18.8 Å². The van der Waals surface area contributed by atoms with Crippen LogP contribution in [0.25, 0.3) is 0 Å². The van der Waals surface area contributed by atoms with E-state index in [1.165, 1.54) is 4.90 Å². The summed E-state index contributed by atoms with van der Waals surface area (Å²) in [6.45, 7) is 1.38. The van der Waals surface area contributed by atoms with Crippen molar-refractivity contribution in [3.8, 4) is 0 Å². The lowest BCUT2D eigenvalue weighted by Gasteiger charge is -2.37. The monoisotopic (exact) mass is 316 g/mol. The summed E-state index contributed by atoms with van der Waals surface area (Å²) < 4.78 is 38.4. The first-order valence-electron chi connectivity index (χ1n) is 5.63. The van der Waals surface area contributed by atoms with Gasteiger partial charge >= 0.3 is 6.18 Å². The number of hydrogen-bond acceptors (Lipinski definition) is 2. The van der Waals surface area contributed by atoms with Crippen LogP contribution in [0.3, 0.4) is 0 Å². The Morgan fingerprint density at radius 3 is 2.37 bits per heavy atom. The highest BCUT2D eigenvalue weighted by Crippen LogP contribution is 2.26. The average molecular weight is 317 g/mol. The molecule has 7 heteroatoms. The van der Waals surface area contributed by atoms with Gasteiger partial charge in [0.25, 0.3) is 0 Å². The van der Waals surface area contributed by atoms with E-state index in [2.05, 4.69) is 5.32 Å². The van der Waals surface area contributed by atoms with Gasteiger partial charge in [-0.1, -0.05) is 30.3 Å². The molecular weight excluding hydrogens is 300 g/mol. The number of hydrogen-bond donors (Lipinski definition) is 1. The third-order valence-electron chi connectivity index (χ3n) is 2.96. The Balaban J connectivity index is 0.00000162. The maximum absolute atomic E-state index is 12.8. The van der Waals surface area contributed by atoms with E-state index in [0.717, 1.165) is 5.56 Å². The number of piperazine rings is 1. The molecule has 0 radical (unpaired) electrons. The first kappa shape index (κ1) is 18.5. The lowest BCUT2D eigenvalue weighted by Crippen LogP contribution is -2.57. The van der Waals surface area contributed by atoms with Crippen molar-refractivity contribution < 1.29 is 13.2 Å². The lowest BCUT2D eigenvalue weighted by molar-refractivity contribution is -0.188. The van der Waals surface area contributed by atoms with Crippen LogP contribution in [0.1, 0.15) is 5.56 Å². The van der Waals surface area contributed by atoms with E-state index in [4.69, 9.17) is 0 Å². The predicted octanol–water partition coefficient (Wildman–Crippen LogP) is 2.87. The largest absolute Gasteiger partial charge is 0.405 e. The van der Waals surface area contributed by atoms with Gasteiger partial charge in [0.2, 0.25) is 0 Å². The van der Waals surface area contributed by atoms with E-state index in [9.17, 15) is 13.2 Å². The van der Waals surface area contributed by atoms with Gasteiger partial charge in [-0.25, -0.2) is 0 Å². The number of rotatable bonds is 2. The molecule has 1 heterocycles. The second-order valence-electron chi connectivity index (χ2n) is 4.22. The van der Waals surface area contributed by atoms with Crippen LogP contribution in [0, 0.1) is 0 Å². The van der Waals surface area contributed by atoms with Gasteiger partial charge in [-0.15, -0.1) is 24.8 Å². The number of benzene rings is 1. The minimum atomic E-state index is -4.16. The summed E-state index contributed by atoms with van der Waals surface area (Å²) in [6, 6.07) is 7.89. The molecule has 0 aliphatic carbocycles. The molecule has 0 saturated carbocycles. The molecule has 1 aromatic carbocycles. The van der Waals surface area contributed by atoms with Crippen LogP contribution in [0.15, 0.2) is 30.3 Å². The van der Waals surface area contributed by atoms with Gasteiger partial charge < -0.3 is 5.32 Å². The van der Waals surface area contributed by atoms with E-state index >= 15 is 0 Å². The molecule has 1 N–H and O–H groups in total. The molecule has 0 spiro atoms. The number of nitrogens with one attached hydrogen (secondary N) is 1. The van der Waals surface area contributed by atoms with Gasteiger partial charge in [-0.2, -0.15) is 13.2 Å². The standard InChI is InChI=1S/C12H15F3N2.2ClH/c13-12(14,15)11-8-16-6-7-17(11)9-10-4-2-1-3-5-10;;/h1-5,11,16H,6-9H2;2*1H.